The fraction of sp³-hybridized carbons (Fsp3) is 0.842. The van der Waals surface area contributed by atoms with Crippen LogP contribution >= 0.6 is 11.6 Å². The molecule has 0 heterocycles. The van der Waals surface area contributed by atoms with E-state index in [4.69, 9.17) is 16.3 Å². The molecule has 0 aromatic rings. The monoisotopic (exact) mass is 384 g/mol. The third-order valence-corrected chi connectivity index (χ3v) is 6.52. The van der Waals surface area contributed by atoms with E-state index in [-0.39, 0.29) is 23.4 Å². The molecular weight excluding hydrogens is 356 g/mol. The van der Waals surface area contributed by atoms with Gasteiger partial charge in [-0.2, -0.15) is 0 Å². The van der Waals surface area contributed by atoms with Crippen LogP contribution in [0.25, 0.3) is 0 Å². The van der Waals surface area contributed by atoms with Gasteiger partial charge in [0, 0.05) is 11.4 Å². The van der Waals surface area contributed by atoms with Crippen LogP contribution in [0, 0.1) is 17.3 Å². The largest absolute Gasteiger partial charge is 0.455 e. The summed E-state index contributed by atoms with van der Waals surface area (Å²) >= 11 is 6.74. The van der Waals surface area contributed by atoms with Crippen LogP contribution in [-0.4, -0.2) is 41.9 Å². The maximum atomic E-state index is 12.8. The Hall–Kier alpha value is -1.30. The number of carbonyl (C=O) groups excluding carboxylic acids is 3. The summed E-state index contributed by atoms with van der Waals surface area (Å²) in [4.78, 5) is 36.3. The smallest absolute Gasteiger partial charge is 0.312 e. The molecule has 0 spiro atoms. The maximum Gasteiger partial charge on any atom is 0.312 e. The van der Waals surface area contributed by atoms with Crippen molar-refractivity contribution in [1.82, 2.24) is 10.6 Å². The molecule has 2 amide bonds. The molecular formula is C19H29ClN2O4. The van der Waals surface area contributed by atoms with Crippen LogP contribution in [0.3, 0.4) is 0 Å². The van der Waals surface area contributed by atoms with E-state index in [2.05, 4.69) is 10.6 Å². The molecule has 6 nitrogen and oxygen atoms in total. The Kier molecular flexibility index (Phi) is 5.52. The number of ether oxygens (including phenoxy) is 1. The molecule has 0 aliphatic heterocycles. The van der Waals surface area contributed by atoms with E-state index < -0.39 is 17.4 Å². The third kappa shape index (κ3) is 4.00. The molecule has 4 fully saturated rings. The molecule has 4 bridgehead atoms. The van der Waals surface area contributed by atoms with Crippen molar-refractivity contribution < 1.29 is 19.1 Å². The van der Waals surface area contributed by atoms with E-state index in [0.29, 0.717) is 24.8 Å². The van der Waals surface area contributed by atoms with E-state index in [1.807, 2.05) is 6.92 Å². The summed E-state index contributed by atoms with van der Waals surface area (Å²) in [5, 5.41) is 5.29. The van der Waals surface area contributed by atoms with Gasteiger partial charge in [0.2, 0.25) is 5.91 Å². The number of halogens is 1. The van der Waals surface area contributed by atoms with E-state index in [9.17, 15) is 14.4 Å². The Morgan fingerprint density at radius 2 is 1.85 bits per heavy atom. The summed E-state index contributed by atoms with van der Waals surface area (Å²) < 4.78 is 5.35. The molecule has 0 aromatic carbocycles. The van der Waals surface area contributed by atoms with E-state index in [0.717, 1.165) is 38.5 Å². The lowest BCUT2D eigenvalue weighted by Gasteiger charge is -2.58. The average molecular weight is 385 g/mol. The molecule has 26 heavy (non-hydrogen) atoms. The summed E-state index contributed by atoms with van der Waals surface area (Å²) in [5.74, 6) is 0.00388. The molecule has 0 radical (unpaired) electrons. The Bertz CT molecular complexity index is 580. The predicted octanol–water partition coefficient (Wildman–Crippen LogP) is 2.14. The molecule has 4 saturated carbocycles. The van der Waals surface area contributed by atoms with Crippen LogP contribution in [0.2, 0.25) is 0 Å². The van der Waals surface area contributed by atoms with E-state index >= 15 is 0 Å². The molecule has 5 atom stereocenters. The third-order valence-electron chi connectivity index (χ3n) is 6.08. The van der Waals surface area contributed by atoms with Crippen molar-refractivity contribution in [3.8, 4) is 0 Å². The van der Waals surface area contributed by atoms with Gasteiger partial charge in [0.05, 0.1) is 5.41 Å². The molecule has 0 aromatic heterocycles. The molecule has 4 aliphatic rings. The van der Waals surface area contributed by atoms with Crippen LogP contribution in [0.4, 0.5) is 0 Å². The molecule has 2 unspecified atom stereocenters. The second kappa shape index (κ2) is 7.37. The van der Waals surface area contributed by atoms with E-state index in [1.165, 1.54) is 0 Å². The minimum absolute atomic E-state index is 0.239. The highest BCUT2D eigenvalue weighted by Gasteiger charge is 2.60. The zero-order valence-corrected chi connectivity index (χ0v) is 16.4. The van der Waals surface area contributed by atoms with Gasteiger partial charge in [-0.15, -0.1) is 11.6 Å². The van der Waals surface area contributed by atoms with Crippen molar-refractivity contribution in [1.29, 1.82) is 0 Å². The number of hydrogen-bond acceptors (Lipinski definition) is 4. The molecule has 7 heteroatoms. The average Bonchev–Trinajstić information content (AvgIpc) is 2.55. The number of rotatable bonds is 7. The summed E-state index contributed by atoms with van der Waals surface area (Å²) in [5.41, 5.74) is -0.518. The number of nitrogens with one attached hydrogen (secondary N) is 2. The van der Waals surface area contributed by atoms with Crippen molar-refractivity contribution in [2.24, 2.45) is 17.3 Å². The summed E-state index contributed by atoms with van der Waals surface area (Å²) in [6, 6.07) is -0.654. The zero-order valence-electron chi connectivity index (χ0n) is 15.6. The molecule has 4 aliphatic carbocycles. The van der Waals surface area contributed by atoms with Gasteiger partial charge in [0.1, 0.15) is 6.04 Å². The predicted molar refractivity (Wildman–Crippen MR) is 97.6 cm³/mol. The normalized spacial score (nSPS) is 35.7. The van der Waals surface area contributed by atoms with Crippen LogP contribution in [0.1, 0.15) is 58.8 Å². The SMILES string of the molecule is CCCNC(=O)[C@H](C)NC(=O)COC(=O)C12C[C@@H]3C[C@@H](CC(Cl)(C3)C1)C2. The quantitative estimate of drug-likeness (QED) is 0.520. The van der Waals surface area contributed by atoms with Crippen molar-refractivity contribution in [3.05, 3.63) is 0 Å². The lowest BCUT2D eigenvalue weighted by atomic mass is 9.49. The lowest BCUT2D eigenvalue weighted by Crippen LogP contribution is -2.56. The number of amides is 2. The van der Waals surface area contributed by atoms with Crippen molar-refractivity contribution in [2.75, 3.05) is 13.2 Å². The molecule has 2 N–H and O–H groups in total. The van der Waals surface area contributed by atoms with Crippen LogP contribution < -0.4 is 10.6 Å². The van der Waals surface area contributed by atoms with Gasteiger partial charge in [-0.25, -0.2) is 0 Å². The fourth-order valence-corrected chi connectivity index (χ4v) is 6.12. The van der Waals surface area contributed by atoms with Gasteiger partial charge in [0.15, 0.2) is 6.61 Å². The molecule has 4 rings (SSSR count). The Labute approximate surface area is 159 Å². The summed E-state index contributed by atoms with van der Waals surface area (Å²) in [7, 11) is 0. The standard InChI is InChI=1S/C19H29ClN2O4/c1-3-4-21-16(24)12(2)22-15(23)10-26-17(25)18-6-13-5-14(7-18)9-19(20,8-13)11-18/h12-14H,3-11H2,1-2H3,(H,21,24)(H,22,23)/t12-,13-,14+,18?,19?/m0/s1. The minimum Gasteiger partial charge on any atom is -0.455 e. The summed E-state index contributed by atoms with van der Waals surface area (Å²) in [6.45, 7) is 3.79. The second-order valence-corrected chi connectivity index (χ2v) is 9.35. The van der Waals surface area contributed by atoms with Gasteiger partial charge in [-0.05, 0) is 63.7 Å². The van der Waals surface area contributed by atoms with E-state index in [1.54, 1.807) is 6.92 Å². The second-order valence-electron chi connectivity index (χ2n) is 8.55. The first-order chi connectivity index (χ1) is 12.3. The van der Waals surface area contributed by atoms with Crippen molar-refractivity contribution >= 4 is 29.4 Å². The van der Waals surface area contributed by atoms with Crippen LogP contribution in [0.5, 0.6) is 0 Å². The highest BCUT2D eigenvalue weighted by molar-refractivity contribution is 6.24. The highest BCUT2D eigenvalue weighted by Crippen LogP contribution is 2.64. The lowest BCUT2D eigenvalue weighted by molar-refractivity contribution is -0.171. The Morgan fingerprint density at radius 1 is 1.19 bits per heavy atom. The highest BCUT2D eigenvalue weighted by atomic mass is 35.5. The maximum absolute atomic E-state index is 12.8. The molecule has 146 valence electrons. The van der Waals surface area contributed by atoms with Gasteiger partial charge >= 0.3 is 5.97 Å². The van der Waals surface area contributed by atoms with Crippen molar-refractivity contribution in [2.45, 2.75) is 69.7 Å². The topological polar surface area (TPSA) is 84.5 Å². The van der Waals surface area contributed by atoms with Crippen LogP contribution in [0.15, 0.2) is 0 Å². The number of hydrogen-bond donors (Lipinski definition) is 2. The first-order valence-electron chi connectivity index (χ1n) is 9.68. The first kappa shape index (κ1) is 19.5. The Balaban J connectivity index is 1.50. The van der Waals surface area contributed by atoms with Gasteiger partial charge in [0.25, 0.3) is 5.91 Å². The summed E-state index contributed by atoms with van der Waals surface area (Å²) in [6.07, 6.45) is 6.29. The Morgan fingerprint density at radius 3 is 2.42 bits per heavy atom. The van der Waals surface area contributed by atoms with Gasteiger partial charge < -0.3 is 15.4 Å². The fourth-order valence-electron chi connectivity index (χ4n) is 5.42. The van der Waals surface area contributed by atoms with Gasteiger partial charge in [-0.3, -0.25) is 14.4 Å². The zero-order chi connectivity index (χ0) is 18.9. The van der Waals surface area contributed by atoms with Crippen molar-refractivity contribution in [3.63, 3.8) is 0 Å². The minimum atomic E-state index is -0.654. The number of alkyl halides is 1. The first-order valence-corrected chi connectivity index (χ1v) is 10.1. The number of esters is 1. The molecule has 0 saturated heterocycles. The van der Waals surface area contributed by atoms with Gasteiger partial charge in [-0.1, -0.05) is 6.92 Å². The number of carbonyl (C=O) groups is 3. The van der Waals surface area contributed by atoms with Crippen LogP contribution in [-0.2, 0) is 19.1 Å².